The zero-order valence-corrected chi connectivity index (χ0v) is 26.1. The molecule has 2 heterocycles. The van der Waals surface area contributed by atoms with E-state index in [2.05, 4.69) is 36.0 Å². The topological polar surface area (TPSA) is 157 Å². The van der Waals surface area contributed by atoms with Crippen molar-refractivity contribution in [2.45, 2.75) is 95.7 Å². The number of carbonyl (C=O) groups is 1. The van der Waals surface area contributed by atoms with E-state index in [4.69, 9.17) is 4.74 Å². The maximum absolute atomic E-state index is 12.7. The second-order valence-corrected chi connectivity index (χ2v) is 15.6. The van der Waals surface area contributed by atoms with Gasteiger partial charge in [-0.25, -0.2) is 22.9 Å². The molecule has 0 bridgehead atoms. The van der Waals surface area contributed by atoms with Crippen LogP contribution < -0.4 is 4.72 Å². The van der Waals surface area contributed by atoms with E-state index in [-0.39, 0.29) is 46.4 Å². The molecule has 10 atom stereocenters. The van der Waals surface area contributed by atoms with Gasteiger partial charge in [-0.2, -0.15) is 0 Å². The number of sulfonamides is 1. The Labute approximate surface area is 253 Å². The molecule has 4 aliphatic carbocycles. The van der Waals surface area contributed by atoms with Crippen molar-refractivity contribution in [2.24, 2.45) is 46.3 Å². The second-order valence-electron chi connectivity index (χ2n) is 14.0. The van der Waals surface area contributed by atoms with E-state index in [1.54, 1.807) is 0 Å². The SMILES string of the molecule is CC[C@H]1[C@@H](O)[C@@H]2[C@H](CC[C@]3(C)[C@@H](CCOC(=O)NS(=O)(=O)c4ccc(-n5cnnc5)nc4)CC[C@@H]23)[C@@]2(C)CC[C@@H](O)C[C@@H]12. The summed E-state index contributed by atoms with van der Waals surface area (Å²) in [5, 5.41) is 29.7. The molecule has 0 unspecified atom stereocenters. The number of hydrogen-bond donors (Lipinski definition) is 3. The van der Waals surface area contributed by atoms with E-state index in [1.807, 2.05) is 4.72 Å². The fourth-order valence-corrected chi connectivity index (χ4v) is 10.9. The molecule has 4 fully saturated rings. The van der Waals surface area contributed by atoms with Gasteiger partial charge in [0.05, 0.1) is 18.8 Å². The molecule has 11 nitrogen and oxygen atoms in total. The van der Waals surface area contributed by atoms with E-state index in [1.165, 1.54) is 35.6 Å². The number of hydrogen-bond acceptors (Lipinski definition) is 9. The predicted octanol–water partition coefficient (Wildman–Crippen LogP) is 4.09. The largest absolute Gasteiger partial charge is 0.449 e. The Hall–Kier alpha value is -2.57. The minimum atomic E-state index is -4.14. The van der Waals surface area contributed by atoms with Crippen LogP contribution in [0.1, 0.15) is 78.6 Å². The van der Waals surface area contributed by atoms with Gasteiger partial charge in [-0.05, 0) is 110 Å². The third-order valence-electron chi connectivity index (χ3n) is 12.2. The Morgan fingerprint density at radius 1 is 1.05 bits per heavy atom. The summed E-state index contributed by atoms with van der Waals surface area (Å²) in [5.41, 5.74) is 0.199. The molecule has 3 N–H and O–H groups in total. The van der Waals surface area contributed by atoms with Crippen LogP contribution in [0.15, 0.2) is 35.9 Å². The number of aliphatic hydroxyl groups excluding tert-OH is 2. The molecule has 2 aromatic rings. The molecule has 1 amide bonds. The number of ether oxygens (including phenoxy) is 1. The van der Waals surface area contributed by atoms with Crippen LogP contribution in [0.2, 0.25) is 0 Å². The Bertz CT molecular complexity index is 1400. The normalized spacial score (nSPS) is 38.9. The highest BCUT2D eigenvalue weighted by Gasteiger charge is 2.64. The summed E-state index contributed by atoms with van der Waals surface area (Å²) >= 11 is 0. The van der Waals surface area contributed by atoms with Crippen molar-refractivity contribution in [3.8, 4) is 5.82 Å². The smallest absolute Gasteiger partial charge is 0.421 e. The molecule has 0 aromatic carbocycles. The molecule has 12 heteroatoms. The van der Waals surface area contributed by atoms with Crippen LogP contribution in [0.4, 0.5) is 4.79 Å². The van der Waals surface area contributed by atoms with E-state index in [0.717, 1.165) is 51.4 Å². The highest BCUT2D eigenvalue weighted by molar-refractivity contribution is 7.90. The number of aliphatic hydroxyl groups is 2. The number of rotatable bonds is 7. The molecule has 0 radical (unpaired) electrons. The Balaban J connectivity index is 1.07. The lowest BCUT2D eigenvalue weighted by Gasteiger charge is -2.64. The zero-order valence-electron chi connectivity index (χ0n) is 25.3. The summed E-state index contributed by atoms with van der Waals surface area (Å²) in [6.07, 6.45) is 11.0. The number of aromatic nitrogens is 4. The van der Waals surface area contributed by atoms with Crippen LogP contribution in [0.3, 0.4) is 0 Å². The molecular formula is C31H45N5O6S. The van der Waals surface area contributed by atoms with Crippen molar-refractivity contribution in [1.29, 1.82) is 0 Å². The van der Waals surface area contributed by atoms with Gasteiger partial charge in [-0.1, -0.05) is 27.2 Å². The third kappa shape index (κ3) is 5.27. The van der Waals surface area contributed by atoms with Gasteiger partial charge in [0.1, 0.15) is 23.4 Å². The lowest BCUT2D eigenvalue weighted by atomic mass is 9.41. The van der Waals surface area contributed by atoms with Crippen molar-refractivity contribution in [3.63, 3.8) is 0 Å². The van der Waals surface area contributed by atoms with Crippen molar-refractivity contribution in [2.75, 3.05) is 6.61 Å². The lowest BCUT2D eigenvalue weighted by Crippen LogP contribution is -2.62. The van der Waals surface area contributed by atoms with Gasteiger partial charge in [0.15, 0.2) is 0 Å². The fraction of sp³-hybridized carbons (Fsp3) is 0.742. The van der Waals surface area contributed by atoms with Gasteiger partial charge in [0.25, 0.3) is 10.0 Å². The summed E-state index contributed by atoms with van der Waals surface area (Å²) in [6.45, 7) is 7.11. The van der Waals surface area contributed by atoms with Gasteiger partial charge in [0.2, 0.25) is 0 Å². The van der Waals surface area contributed by atoms with Crippen molar-refractivity contribution >= 4 is 16.1 Å². The van der Waals surface area contributed by atoms with Crippen LogP contribution in [-0.2, 0) is 14.8 Å². The summed E-state index contributed by atoms with van der Waals surface area (Å²) in [4.78, 5) is 16.5. The number of carbonyl (C=O) groups excluding carboxylic acids is 1. The Morgan fingerprint density at radius 3 is 2.47 bits per heavy atom. The van der Waals surface area contributed by atoms with Crippen LogP contribution in [-0.4, -0.2) is 63.3 Å². The number of nitrogens with zero attached hydrogens (tertiary/aromatic N) is 4. The molecule has 4 aliphatic rings. The third-order valence-corrected chi connectivity index (χ3v) is 13.5. The van der Waals surface area contributed by atoms with Gasteiger partial charge in [0, 0.05) is 6.20 Å². The van der Waals surface area contributed by atoms with E-state index in [0.29, 0.717) is 35.9 Å². The summed E-state index contributed by atoms with van der Waals surface area (Å²) < 4.78 is 34.4. The standard InChI is InChI=1S/C31H45N5O6S/c1-4-22-25-15-20(37)9-12-31(25,3)24-10-13-30(2)19(5-7-23(30)27(24)28(22)38)11-14-42-29(39)35-43(40,41)21-6-8-26(32-16-21)36-17-33-34-18-36/h6,8,16-20,22-25,27-28,37-38H,4-5,7,9-15H2,1-3H3,(H,35,39)/t19-,20-,22-,23+,24+,25+,27+,28-,30-,31-/m1/s1. The van der Waals surface area contributed by atoms with E-state index in [9.17, 15) is 23.4 Å². The molecule has 0 aliphatic heterocycles. The van der Waals surface area contributed by atoms with Crippen molar-refractivity contribution in [1.82, 2.24) is 24.5 Å². The van der Waals surface area contributed by atoms with E-state index >= 15 is 0 Å². The Morgan fingerprint density at radius 2 is 1.77 bits per heavy atom. The molecule has 2 aromatic heterocycles. The molecule has 4 saturated carbocycles. The van der Waals surface area contributed by atoms with Gasteiger partial charge in [-0.3, -0.25) is 4.57 Å². The van der Waals surface area contributed by atoms with Crippen LogP contribution in [0, 0.1) is 46.3 Å². The van der Waals surface area contributed by atoms with Gasteiger partial charge < -0.3 is 14.9 Å². The van der Waals surface area contributed by atoms with Crippen molar-refractivity contribution in [3.05, 3.63) is 31.0 Å². The fourth-order valence-electron chi connectivity index (χ4n) is 10.0. The van der Waals surface area contributed by atoms with Crippen LogP contribution in [0.5, 0.6) is 0 Å². The number of nitrogens with one attached hydrogen (secondary N) is 1. The minimum absolute atomic E-state index is 0.0436. The summed E-state index contributed by atoms with van der Waals surface area (Å²) in [5.74, 6) is 2.49. The monoisotopic (exact) mass is 615 g/mol. The minimum Gasteiger partial charge on any atom is -0.449 e. The highest BCUT2D eigenvalue weighted by atomic mass is 32.2. The first-order valence-corrected chi connectivity index (χ1v) is 17.3. The van der Waals surface area contributed by atoms with E-state index < -0.39 is 16.1 Å². The van der Waals surface area contributed by atoms with Crippen molar-refractivity contribution < 1.29 is 28.2 Å². The zero-order chi connectivity index (χ0) is 30.6. The first-order valence-electron chi connectivity index (χ1n) is 15.8. The quantitative estimate of drug-likeness (QED) is 0.417. The number of amides is 1. The maximum atomic E-state index is 12.7. The highest BCUT2D eigenvalue weighted by Crippen LogP contribution is 2.69. The number of fused-ring (bicyclic) bond motifs is 5. The first-order chi connectivity index (χ1) is 20.5. The molecule has 236 valence electrons. The lowest BCUT2D eigenvalue weighted by molar-refractivity contribution is -0.202. The molecule has 43 heavy (non-hydrogen) atoms. The Kier molecular flexibility index (Phi) is 8.08. The average molecular weight is 616 g/mol. The van der Waals surface area contributed by atoms with Crippen LogP contribution >= 0.6 is 0 Å². The predicted molar refractivity (Wildman–Crippen MR) is 157 cm³/mol. The average Bonchev–Trinajstić information content (AvgIpc) is 3.63. The molecule has 0 saturated heterocycles. The second kappa shape index (κ2) is 11.4. The maximum Gasteiger partial charge on any atom is 0.421 e. The van der Waals surface area contributed by atoms with Gasteiger partial charge >= 0.3 is 6.09 Å². The van der Waals surface area contributed by atoms with Crippen LogP contribution in [0.25, 0.3) is 5.82 Å². The first kappa shape index (κ1) is 30.5. The van der Waals surface area contributed by atoms with Gasteiger partial charge in [-0.15, -0.1) is 10.2 Å². The summed E-state index contributed by atoms with van der Waals surface area (Å²) in [6, 6.07) is 2.86. The molecular weight excluding hydrogens is 570 g/mol. The molecule has 6 rings (SSSR count). The number of pyridine rings is 1. The summed E-state index contributed by atoms with van der Waals surface area (Å²) in [7, 11) is -4.14. The molecule has 0 spiro atoms.